The molecule has 0 N–H and O–H groups in total. The van der Waals surface area contributed by atoms with E-state index in [4.69, 9.17) is 12.6 Å². The highest BCUT2D eigenvalue weighted by Crippen LogP contribution is 2.25. The molecule has 10 heteroatoms. The van der Waals surface area contributed by atoms with E-state index in [1.54, 1.807) is 35.4 Å². The Kier molecular flexibility index (Phi) is 10.6. The monoisotopic (exact) mass is 503 g/mol. The van der Waals surface area contributed by atoms with Crippen LogP contribution < -0.4 is 4.74 Å². The summed E-state index contributed by atoms with van der Waals surface area (Å²) >= 11 is 0. The smallest absolute Gasteiger partial charge is 0.292 e. The molecule has 1 fully saturated rings. The van der Waals surface area contributed by atoms with Crippen molar-refractivity contribution in [1.29, 1.82) is 5.26 Å². The second-order valence-electron chi connectivity index (χ2n) is 8.99. The molecule has 0 spiro atoms. The number of hydrogen-bond acceptors (Lipinski definition) is 8. The average Bonchev–Trinajstić information content (AvgIpc) is 3.39. The van der Waals surface area contributed by atoms with E-state index in [1.165, 1.54) is 0 Å². The first-order valence-electron chi connectivity index (χ1n) is 12.5. The molecule has 9 nitrogen and oxygen atoms in total. The van der Waals surface area contributed by atoms with Gasteiger partial charge in [-0.3, -0.25) is 24.2 Å². The number of likely N-dealkylation sites (tertiary alicyclic amines) is 1. The van der Waals surface area contributed by atoms with E-state index in [0.717, 1.165) is 6.42 Å². The van der Waals surface area contributed by atoms with Crippen LogP contribution in [-0.4, -0.2) is 66.9 Å². The Morgan fingerprint density at radius 1 is 1.19 bits per heavy atom. The largest absolute Gasteiger partial charge is 0.494 e. The van der Waals surface area contributed by atoms with Crippen molar-refractivity contribution >= 4 is 42.7 Å². The van der Waals surface area contributed by atoms with Gasteiger partial charge in [0.1, 0.15) is 25.4 Å². The first kappa shape index (κ1) is 27.8. The summed E-state index contributed by atoms with van der Waals surface area (Å²) in [6.45, 7) is 1.24. The van der Waals surface area contributed by atoms with E-state index in [9.17, 15) is 24.4 Å². The van der Waals surface area contributed by atoms with Crippen LogP contribution in [0.2, 0.25) is 0 Å². The number of unbranched alkanes of at least 4 members (excludes halogenated alkanes) is 1. The summed E-state index contributed by atoms with van der Waals surface area (Å²) in [5.74, 6) is 0.303. The summed E-state index contributed by atoms with van der Waals surface area (Å²) in [6.07, 6.45) is 5.43. The maximum absolute atomic E-state index is 13.0. The van der Waals surface area contributed by atoms with Gasteiger partial charge in [0.25, 0.3) is 6.47 Å². The standard InChI is InChI=1S/C27H30BN3O6/c28-26(37-18-32)10-6-20(33)5-1-2-15-36-21-7-8-24-23(16-21)22(12-13-30-24)25(34)9-11-27(35)31-14-3-4-19(31)17-29/h7-8,12-13,16,18-19,26H,1-6,9-11,14-15H2/t19-,26?/m0/s1. The second kappa shape index (κ2) is 14.1. The van der Waals surface area contributed by atoms with E-state index in [-0.39, 0.29) is 43.2 Å². The minimum absolute atomic E-state index is 0.0521. The summed E-state index contributed by atoms with van der Waals surface area (Å²) in [5.41, 5.74) is 1.12. The predicted molar refractivity (Wildman–Crippen MR) is 136 cm³/mol. The number of fused-ring (bicyclic) bond motifs is 1. The molecule has 1 amide bonds. The summed E-state index contributed by atoms with van der Waals surface area (Å²) < 4.78 is 10.4. The number of carbonyl (C=O) groups excluding carboxylic acids is 4. The number of Topliss-reactive ketones (excluding diaryl/α,β-unsaturated/α-hetero) is 2. The average molecular weight is 503 g/mol. The first-order valence-corrected chi connectivity index (χ1v) is 12.5. The lowest BCUT2D eigenvalue weighted by atomic mass is 9.93. The van der Waals surface area contributed by atoms with Crippen LogP contribution in [0.25, 0.3) is 10.9 Å². The normalized spacial score (nSPS) is 15.6. The molecule has 2 heterocycles. The predicted octanol–water partition coefficient (Wildman–Crippen LogP) is 3.28. The molecule has 0 saturated carbocycles. The van der Waals surface area contributed by atoms with Crippen LogP contribution in [-0.2, 0) is 19.1 Å². The van der Waals surface area contributed by atoms with Gasteiger partial charge in [0, 0.05) is 49.4 Å². The third-order valence-corrected chi connectivity index (χ3v) is 6.36. The molecule has 0 aliphatic carbocycles. The number of ketones is 2. The third kappa shape index (κ3) is 8.14. The molecule has 1 unspecified atom stereocenters. The molecule has 192 valence electrons. The van der Waals surface area contributed by atoms with Crippen molar-refractivity contribution in [2.24, 2.45) is 0 Å². The minimum atomic E-state index is -0.759. The fourth-order valence-electron chi connectivity index (χ4n) is 4.34. The van der Waals surface area contributed by atoms with E-state index in [0.29, 0.717) is 67.5 Å². The van der Waals surface area contributed by atoms with E-state index in [2.05, 4.69) is 15.8 Å². The zero-order chi connectivity index (χ0) is 26.6. The van der Waals surface area contributed by atoms with Crippen LogP contribution in [0.5, 0.6) is 5.75 Å². The molecule has 2 radical (unpaired) electrons. The van der Waals surface area contributed by atoms with Crippen molar-refractivity contribution in [2.45, 2.75) is 69.8 Å². The zero-order valence-corrected chi connectivity index (χ0v) is 20.8. The Hall–Kier alpha value is -3.74. The van der Waals surface area contributed by atoms with Crippen molar-refractivity contribution in [1.82, 2.24) is 9.88 Å². The van der Waals surface area contributed by atoms with Gasteiger partial charge in [-0.1, -0.05) is 0 Å². The quantitative estimate of drug-likeness (QED) is 0.157. The molecular formula is C27H30BN3O6. The highest BCUT2D eigenvalue weighted by molar-refractivity contribution is 6.11. The summed E-state index contributed by atoms with van der Waals surface area (Å²) in [5, 5.41) is 9.85. The molecule has 3 rings (SSSR count). The summed E-state index contributed by atoms with van der Waals surface area (Å²) in [7, 11) is 5.53. The minimum Gasteiger partial charge on any atom is -0.494 e. The highest BCUT2D eigenvalue weighted by Gasteiger charge is 2.28. The molecule has 1 aliphatic rings. The number of rotatable bonds is 15. The number of nitriles is 1. The van der Waals surface area contributed by atoms with Crippen LogP contribution in [0.15, 0.2) is 30.5 Å². The van der Waals surface area contributed by atoms with Crippen LogP contribution >= 0.6 is 0 Å². The Bertz CT molecular complexity index is 1160. The Morgan fingerprint density at radius 2 is 2.03 bits per heavy atom. The molecule has 1 saturated heterocycles. The zero-order valence-electron chi connectivity index (χ0n) is 20.8. The van der Waals surface area contributed by atoms with Crippen LogP contribution in [0.4, 0.5) is 0 Å². The molecule has 0 bridgehead atoms. The lowest BCUT2D eigenvalue weighted by Gasteiger charge is -2.19. The van der Waals surface area contributed by atoms with E-state index < -0.39 is 12.0 Å². The fraction of sp³-hybridized carbons (Fsp3) is 0.481. The van der Waals surface area contributed by atoms with Gasteiger partial charge in [0.15, 0.2) is 5.78 Å². The van der Waals surface area contributed by atoms with Crippen LogP contribution in [0.3, 0.4) is 0 Å². The highest BCUT2D eigenvalue weighted by atomic mass is 16.5. The van der Waals surface area contributed by atoms with Crippen LogP contribution in [0, 0.1) is 11.3 Å². The fourth-order valence-corrected chi connectivity index (χ4v) is 4.34. The van der Waals surface area contributed by atoms with E-state index in [1.807, 2.05) is 0 Å². The first-order chi connectivity index (χ1) is 17.9. The maximum atomic E-state index is 13.0. The Morgan fingerprint density at radius 3 is 2.81 bits per heavy atom. The van der Waals surface area contributed by atoms with Crippen molar-refractivity contribution < 1.29 is 28.7 Å². The van der Waals surface area contributed by atoms with Gasteiger partial charge in [-0.05, 0) is 56.4 Å². The van der Waals surface area contributed by atoms with Gasteiger partial charge in [0.2, 0.25) is 5.91 Å². The van der Waals surface area contributed by atoms with Gasteiger partial charge < -0.3 is 14.4 Å². The summed E-state index contributed by atoms with van der Waals surface area (Å²) in [4.78, 5) is 53.5. The lowest BCUT2D eigenvalue weighted by molar-refractivity contribution is -0.131. The number of pyridine rings is 1. The molecule has 1 aromatic carbocycles. The number of aromatic nitrogens is 1. The number of benzene rings is 1. The molecule has 1 aliphatic heterocycles. The lowest BCUT2D eigenvalue weighted by Crippen LogP contribution is -2.34. The number of carbonyl (C=O) groups is 4. The maximum Gasteiger partial charge on any atom is 0.292 e. The van der Waals surface area contributed by atoms with Crippen molar-refractivity contribution in [2.75, 3.05) is 13.2 Å². The number of nitrogens with zero attached hydrogens (tertiary/aromatic N) is 3. The molecular weight excluding hydrogens is 473 g/mol. The van der Waals surface area contributed by atoms with Gasteiger partial charge in [-0.15, -0.1) is 0 Å². The van der Waals surface area contributed by atoms with Crippen molar-refractivity contribution in [3.05, 3.63) is 36.0 Å². The van der Waals surface area contributed by atoms with Gasteiger partial charge >= 0.3 is 0 Å². The Balaban J connectivity index is 1.49. The van der Waals surface area contributed by atoms with Crippen LogP contribution in [0.1, 0.15) is 68.1 Å². The molecule has 1 aromatic heterocycles. The second-order valence-corrected chi connectivity index (χ2v) is 8.99. The van der Waals surface area contributed by atoms with Gasteiger partial charge in [-0.2, -0.15) is 5.26 Å². The number of amides is 1. The third-order valence-electron chi connectivity index (χ3n) is 6.36. The van der Waals surface area contributed by atoms with Gasteiger partial charge in [-0.25, -0.2) is 0 Å². The van der Waals surface area contributed by atoms with Crippen molar-refractivity contribution in [3.63, 3.8) is 0 Å². The SMILES string of the molecule is [B]C(CCC(=O)CCCCOc1ccc2nccc(C(=O)CCC(=O)N3CCC[C@H]3C#N)c2c1)OC=O. The van der Waals surface area contributed by atoms with Gasteiger partial charge in [0.05, 0.1) is 24.2 Å². The van der Waals surface area contributed by atoms with E-state index >= 15 is 0 Å². The molecule has 2 aromatic rings. The topological polar surface area (TPSA) is 127 Å². The molecule has 2 atom stereocenters. The number of hydrogen-bond donors (Lipinski definition) is 0. The van der Waals surface area contributed by atoms with Crippen molar-refractivity contribution in [3.8, 4) is 11.8 Å². The summed E-state index contributed by atoms with van der Waals surface area (Å²) in [6, 6.07) is 7.96. The number of ether oxygens (including phenoxy) is 2. The Labute approximate surface area is 217 Å². The molecule has 37 heavy (non-hydrogen) atoms.